The third-order valence-corrected chi connectivity index (χ3v) is 6.44. The van der Waals surface area contributed by atoms with Crippen molar-refractivity contribution < 1.29 is 14.3 Å². The topological polar surface area (TPSA) is 53.1 Å². The monoisotopic (exact) mass is 425 g/mol. The Morgan fingerprint density at radius 1 is 1.11 bits per heavy atom. The van der Waals surface area contributed by atoms with Gasteiger partial charge >= 0.3 is 6.09 Å². The number of carbonyl (C=O) groups excluding carboxylic acids is 2. The molecule has 2 atom stereocenters. The number of benzene rings is 1. The maximum atomic E-state index is 13.2. The summed E-state index contributed by atoms with van der Waals surface area (Å²) in [7, 11) is 2.05. The highest BCUT2D eigenvalue weighted by Crippen LogP contribution is 2.43. The molecule has 3 rings (SSSR count). The lowest BCUT2D eigenvalue weighted by Crippen LogP contribution is -2.55. The number of hydrogen-bond acceptors (Lipinski definition) is 5. The molecule has 2 aliphatic heterocycles. The fraction of sp³-hybridized carbons (Fsp3) is 0.600. The maximum Gasteiger partial charge on any atom is 0.412 e. The average molecular weight is 426 g/mol. The number of hydrogen-bond donors (Lipinski definition) is 0. The Kier molecular flexibility index (Phi) is 6.47. The van der Waals surface area contributed by atoms with Crippen molar-refractivity contribution in [1.82, 2.24) is 14.7 Å². The van der Waals surface area contributed by atoms with Crippen LogP contribution in [0.3, 0.4) is 0 Å². The van der Waals surface area contributed by atoms with Crippen LogP contribution in [-0.2, 0) is 9.53 Å². The van der Waals surface area contributed by atoms with Crippen molar-refractivity contribution in [3.63, 3.8) is 0 Å². The third kappa shape index (κ3) is 4.93. The summed E-state index contributed by atoms with van der Waals surface area (Å²) in [6, 6.07) is 6.89. The highest BCUT2D eigenvalue weighted by molar-refractivity contribution is 7.99. The van der Waals surface area contributed by atoms with E-state index in [1.54, 1.807) is 28.8 Å². The predicted octanol–water partition coefficient (Wildman–Crippen LogP) is 3.47. The number of nitrogens with zero attached hydrogens (tertiary/aromatic N) is 3. The average Bonchev–Trinajstić information content (AvgIpc) is 3.06. The molecular weight excluding hydrogens is 398 g/mol. The summed E-state index contributed by atoms with van der Waals surface area (Å²) in [4.78, 5) is 32.0. The minimum absolute atomic E-state index is 0.00271. The Balaban J connectivity index is 1.84. The molecular formula is C20H28ClN3O3S. The van der Waals surface area contributed by atoms with Crippen molar-refractivity contribution in [2.24, 2.45) is 0 Å². The van der Waals surface area contributed by atoms with Gasteiger partial charge in [-0.05, 0) is 45.5 Å². The van der Waals surface area contributed by atoms with Gasteiger partial charge in [0.05, 0.1) is 0 Å². The van der Waals surface area contributed by atoms with E-state index in [0.717, 1.165) is 18.7 Å². The number of likely N-dealkylation sites (N-methyl/N-ethyl adjacent to an activating group) is 1. The Morgan fingerprint density at radius 3 is 2.29 bits per heavy atom. The van der Waals surface area contributed by atoms with Gasteiger partial charge in [0, 0.05) is 37.0 Å². The minimum Gasteiger partial charge on any atom is -0.444 e. The molecule has 0 bridgehead atoms. The summed E-state index contributed by atoms with van der Waals surface area (Å²) >= 11 is 7.61. The van der Waals surface area contributed by atoms with E-state index in [0.29, 0.717) is 23.9 Å². The van der Waals surface area contributed by atoms with E-state index in [2.05, 4.69) is 11.9 Å². The smallest absolute Gasteiger partial charge is 0.412 e. The Labute approximate surface area is 176 Å². The summed E-state index contributed by atoms with van der Waals surface area (Å²) in [5.41, 5.74) is 0.310. The lowest BCUT2D eigenvalue weighted by atomic mass is 10.1. The molecule has 1 aromatic carbocycles. The van der Waals surface area contributed by atoms with Crippen LogP contribution in [0.1, 0.15) is 31.7 Å². The van der Waals surface area contributed by atoms with Crippen molar-refractivity contribution in [3.05, 3.63) is 34.9 Å². The molecule has 2 fully saturated rings. The summed E-state index contributed by atoms with van der Waals surface area (Å²) in [6.07, 6.45) is -0.454. The van der Waals surface area contributed by atoms with Crippen LogP contribution in [-0.4, -0.2) is 77.3 Å². The summed E-state index contributed by atoms with van der Waals surface area (Å²) in [5.74, 6) is 0.556. The van der Waals surface area contributed by atoms with Gasteiger partial charge in [0.25, 0.3) is 0 Å². The molecule has 2 amide bonds. The second kappa shape index (κ2) is 8.51. The largest absolute Gasteiger partial charge is 0.444 e. The summed E-state index contributed by atoms with van der Waals surface area (Å²) < 4.78 is 5.65. The van der Waals surface area contributed by atoms with Gasteiger partial charge in [-0.3, -0.25) is 9.69 Å². The van der Waals surface area contributed by atoms with Crippen LogP contribution >= 0.6 is 23.4 Å². The van der Waals surface area contributed by atoms with Crippen molar-refractivity contribution in [2.75, 3.05) is 39.0 Å². The molecule has 0 aromatic heterocycles. The van der Waals surface area contributed by atoms with Crippen molar-refractivity contribution in [3.8, 4) is 0 Å². The molecule has 2 heterocycles. The van der Waals surface area contributed by atoms with Gasteiger partial charge < -0.3 is 14.5 Å². The van der Waals surface area contributed by atoms with Crippen molar-refractivity contribution in [2.45, 2.75) is 37.8 Å². The van der Waals surface area contributed by atoms with E-state index in [4.69, 9.17) is 16.3 Å². The molecule has 0 N–H and O–H groups in total. The SMILES string of the molecule is CN1CCN(C(=O)C2CSC(c3ccc(Cl)cc3)N2C(=O)OC(C)(C)C)CC1. The lowest BCUT2D eigenvalue weighted by Gasteiger charge is -2.37. The summed E-state index contributed by atoms with van der Waals surface area (Å²) in [5, 5.41) is 0.370. The van der Waals surface area contributed by atoms with Gasteiger partial charge in [-0.15, -0.1) is 11.8 Å². The molecule has 2 unspecified atom stereocenters. The van der Waals surface area contributed by atoms with Gasteiger partial charge in [0.15, 0.2) is 0 Å². The molecule has 0 spiro atoms. The molecule has 0 radical (unpaired) electrons. The first kappa shape index (κ1) is 21.3. The zero-order valence-electron chi connectivity index (χ0n) is 16.9. The van der Waals surface area contributed by atoms with Gasteiger partial charge in [0.1, 0.15) is 17.0 Å². The Hall–Kier alpha value is -1.44. The van der Waals surface area contributed by atoms with E-state index in [1.165, 1.54) is 0 Å². The molecule has 2 saturated heterocycles. The minimum atomic E-state index is -0.629. The fourth-order valence-electron chi connectivity index (χ4n) is 3.36. The zero-order valence-corrected chi connectivity index (χ0v) is 18.4. The van der Waals surface area contributed by atoms with Crippen LogP contribution in [0.2, 0.25) is 5.02 Å². The number of carbonyl (C=O) groups is 2. The lowest BCUT2D eigenvalue weighted by molar-refractivity contribution is -0.137. The molecule has 154 valence electrons. The van der Waals surface area contributed by atoms with Gasteiger partial charge in [-0.1, -0.05) is 23.7 Å². The predicted molar refractivity (Wildman–Crippen MR) is 113 cm³/mol. The highest BCUT2D eigenvalue weighted by Gasteiger charge is 2.45. The molecule has 0 aliphatic carbocycles. The van der Waals surface area contributed by atoms with Crippen LogP contribution in [0.5, 0.6) is 0 Å². The second-order valence-electron chi connectivity index (χ2n) is 8.27. The van der Waals surface area contributed by atoms with Crippen molar-refractivity contribution in [1.29, 1.82) is 0 Å². The quantitative estimate of drug-likeness (QED) is 0.726. The Morgan fingerprint density at radius 2 is 1.71 bits per heavy atom. The van der Waals surface area contributed by atoms with Gasteiger partial charge in [0.2, 0.25) is 5.91 Å². The fourth-order valence-corrected chi connectivity index (χ4v) is 4.89. The van der Waals surface area contributed by atoms with Crippen molar-refractivity contribution >= 4 is 35.4 Å². The molecule has 28 heavy (non-hydrogen) atoms. The Bertz CT molecular complexity index is 714. The number of rotatable bonds is 2. The number of ether oxygens (including phenoxy) is 1. The van der Waals surface area contributed by atoms with E-state index in [9.17, 15) is 9.59 Å². The van der Waals surface area contributed by atoms with Gasteiger partial charge in [-0.2, -0.15) is 0 Å². The maximum absolute atomic E-state index is 13.2. The molecule has 2 aliphatic rings. The van der Waals surface area contributed by atoms with Crippen LogP contribution in [0.4, 0.5) is 4.79 Å². The highest BCUT2D eigenvalue weighted by atomic mass is 35.5. The number of piperazine rings is 1. The molecule has 6 nitrogen and oxygen atoms in total. The van der Waals surface area contributed by atoms with Crippen LogP contribution in [0.25, 0.3) is 0 Å². The number of amides is 2. The number of halogens is 1. The van der Waals surface area contributed by atoms with E-state index in [-0.39, 0.29) is 11.3 Å². The first-order valence-corrected chi connectivity index (χ1v) is 10.9. The number of thioether (sulfide) groups is 1. The zero-order chi connectivity index (χ0) is 20.5. The third-order valence-electron chi connectivity index (χ3n) is 4.86. The van der Waals surface area contributed by atoms with E-state index >= 15 is 0 Å². The van der Waals surface area contributed by atoms with Crippen LogP contribution in [0, 0.1) is 0 Å². The van der Waals surface area contributed by atoms with E-state index in [1.807, 2.05) is 37.8 Å². The molecule has 8 heteroatoms. The first-order chi connectivity index (χ1) is 13.2. The molecule has 1 aromatic rings. The summed E-state index contributed by atoms with van der Waals surface area (Å²) in [6.45, 7) is 8.57. The normalized spacial score (nSPS) is 23.8. The van der Waals surface area contributed by atoms with Crippen LogP contribution in [0.15, 0.2) is 24.3 Å². The molecule has 0 saturated carbocycles. The van der Waals surface area contributed by atoms with Gasteiger partial charge in [-0.25, -0.2) is 4.79 Å². The van der Waals surface area contributed by atoms with E-state index < -0.39 is 17.7 Å². The second-order valence-corrected chi connectivity index (χ2v) is 9.82. The first-order valence-electron chi connectivity index (χ1n) is 9.51. The van der Waals surface area contributed by atoms with Crippen LogP contribution < -0.4 is 0 Å². The standard InChI is InChI=1S/C20H28ClN3O3S/c1-20(2,3)27-19(26)24-16(17(25)23-11-9-22(4)10-12-23)13-28-18(24)14-5-7-15(21)8-6-14/h5-8,16,18H,9-13H2,1-4H3.